The quantitative estimate of drug-likeness (QED) is 0.754. The van der Waals surface area contributed by atoms with E-state index in [4.69, 9.17) is 9.47 Å². The number of thioether (sulfide) groups is 1. The molecule has 1 unspecified atom stereocenters. The number of nitrogens with zero attached hydrogens (tertiary/aromatic N) is 2. The van der Waals surface area contributed by atoms with Crippen molar-refractivity contribution >= 4 is 38.4 Å². The summed E-state index contributed by atoms with van der Waals surface area (Å²) in [5.74, 6) is 1.13. The van der Waals surface area contributed by atoms with Crippen molar-refractivity contribution in [3.05, 3.63) is 18.2 Å². The molecule has 2 fully saturated rings. The molecule has 9 heteroatoms. The van der Waals surface area contributed by atoms with Gasteiger partial charge in [-0.2, -0.15) is 4.99 Å². The molecule has 0 spiro atoms. The Labute approximate surface area is 163 Å². The van der Waals surface area contributed by atoms with Crippen molar-refractivity contribution < 1.29 is 22.7 Å². The number of amides is 1. The lowest BCUT2D eigenvalue weighted by Gasteiger charge is -2.26. The highest BCUT2D eigenvalue weighted by Crippen LogP contribution is 2.43. The van der Waals surface area contributed by atoms with Crippen LogP contribution in [0.1, 0.15) is 20.3 Å². The van der Waals surface area contributed by atoms with Crippen LogP contribution in [0.2, 0.25) is 0 Å². The second-order valence-electron chi connectivity index (χ2n) is 7.04. The summed E-state index contributed by atoms with van der Waals surface area (Å²) in [6.45, 7) is 4.78. The van der Waals surface area contributed by atoms with E-state index in [-0.39, 0.29) is 34.6 Å². The normalized spacial score (nSPS) is 28.2. The Morgan fingerprint density at radius 2 is 2.04 bits per heavy atom. The molecule has 4 rings (SSSR count). The van der Waals surface area contributed by atoms with Gasteiger partial charge < -0.3 is 14.4 Å². The minimum absolute atomic E-state index is 0.0651. The highest BCUT2D eigenvalue weighted by atomic mass is 32.2. The molecule has 146 valence electrons. The van der Waals surface area contributed by atoms with Gasteiger partial charge in [-0.1, -0.05) is 25.6 Å². The van der Waals surface area contributed by atoms with Gasteiger partial charge in [0.25, 0.3) is 5.91 Å². The van der Waals surface area contributed by atoms with E-state index in [1.165, 1.54) is 11.8 Å². The van der Waals surface area contributed by atoms with E-state index in [1.54, 1.807) is 0 Å². The molecule has 0 radical (unpaired) electrons. The Morgan fingerprint density at radius 3 is 2.78 bits per heavy atom. The van der Waals surface area contributed by atoms with Crippen LogP contribution in [0.4, 0.5) is 5.69 Å². The summed E-state index contributed by atoms with van der Waals surface area (Å²) in [4.78, 5) is 18.6. The average Bonchev–Trinajstić information content (AvgIpc) is 3.11. The standard InChI is InChI=1S/C18H22N2O5S2/c1-3-11(2)17(21)19-18-20(13-9-27(22,23)10-16(13)26-18)12-4-5-14-15(8-12)25-7-6-24-14/h4-5,8,11,13,16H,3,6-7,9-10H2,1-2H3/t11?,13-,16+/m0/s1. The van der Waals surface area contributed by atoms with Crippen molar-refractivity contribution in [3.8, 4) is 11.5 Å². The Balaban J connectivity index is 1.72. The topological polar surface area (TPSA) is 85.3 Å². The van der Waals surface area contributed by atoms with E-state index in [1.807, 2.05) is 36.9 Å². The largest absolute Gasteiger partial charge is 0.486 e. The summed E-state index contributed by atoms with van der Waals surface area (Å²) in [5, 5.41) is 0.452. The van der Waals surface area contributed by atoms with E-state index in [0.29, 0.717) is 36.3 Å². The summed E-state index contributed by atoms with van der Waals surface area (Å²) in [6.07, 6.45) is 0.714. The third kappa shape index (κ3) is 3.54. The molecule has 7 nitrogen and oxygen atoms in total. The number of carbonyl (C=O) groups is 1. The number of carbonyl (C=O) groups excluding carboxylic acids is 1. The second-order valence-corrected chi connectivity index (χ2v) is 10.4. The van der Waals surface area contributed by atoms with Gasteiger partial charge >= 0.3 is 0 Å². The zero-order valence-electron chi connectivity index (χ0n) is 15.3. The molecule has 0 saturated carbocycles. The molecule has 2 saturated heterocycles. The zero-order valence-corrected chi connectivity index (χ0v) is 16.9. The Morgan fingerprint density at radius 1 is 1.30 bits per heavy atom. The molecule has 3 heterocycles. The van der Waals surface area contributed by atoms with Gasteiger partial charge in [0.15, 0.2) is 26.5 Å². The fourth-order valence-corrected chi connectivity index (χ4v) is 7.35. The highest BCUT2D eigenvalue weighted by molar-refractivity contribution is 8.16. The number of amidine groups is 1. The Bertz CT molecular complexity index is 899. The lowest BCUT2D eigenvalue weighted by Crippen LogP contribution is -2.38. The van der Waals surface area contributed by atoms with E-state index >= 15 is 0 Å². The third-order valence-electron chi connectivity index (χ3n) is 5.11. The van der Waals surface area contributed by atoms with Gasteiger partial charge in [0.2, 0.25) is 0 Å². The molecule has 1 amide bonds. The molecule has 0 bridgehead atoms. The number of hydrogen-bond acceptors (Lipinski definition) is 6. The monoisotopic (exact) mass is 410 g/mol. The Kier molecular flexibility index (Phi) is 4.84. The molecule has 3 atom stereocenters. The zero-order chi connectivity index (χ0) is 19.2. The number of anilines is 1. The minimum Gasteiger partial charge on any atom is -0.486 e. The van der Waals surface area contributed by atoms with Crippen molar-refractivity contribution in [2.45, 2.75) is 31.6 Å². The molecule has 1 aromatic carbocycles. The SMILES string of the molecule is CCC(C)C(=O)N=C1S[C@@H]2CS(=O)(=O)C[C@@H]2N1c1ccc2c(c1)OCCO2. The maximum atomic E-state index is 12.4. The fraction of sp³-hybridized carbons (Fsp3) is 0.556. The number of rotatable bonds is 3. The molecular weight excluding hydrogens is 388 g/mol. The smallest absolute Gasteiger partial charge is 0.250 e. The number of ether oxygens (including phenoxy) is 2. The predicted molar refractivity (Wildman–Crippen MR) is 106 cm³/mol. The lowest BCUT2D eigenvalue weighted by atomic mass is 10.1. The van der Waals surface area contributed by atoms with Gasteiger partial charge in [-0.3, -0.25) is 4.79 Å². The van der Waals surface area contributed by atoms with Gasteiger partial charge in [0.05, 0.1) is 17.5 Å². The van der Waals surface area contributed by atoms with Crippen molar-refractivity contribution in [1.82, 2.24) is 0 Å². The lowest BCUT2D eigenvalue weighted by molar-refractivity contribution is -0.121. The van der Waals surface area contributed by atoms with E-state index in [9.17, 15) is 13.2 Å². The summed E-state index contributed by atoms with van der Waals surface area (Å²) in [7, 11) is -3.10. The van der Waals surface area contributed by atoms with Crippen molar-refractivity contribution in [2.24, 2.45) is 10.9 Å². The fourth-order valence-electron chi connectivity index (χ4n) is 3.43. The van der Waals surface area contributed by atoms with Gasteiger partial charge in [-0.15, -0.1) is 0 Å². The van der Waals surface area contributed by atoms with Crippen LogP contribution in [-0.4, -0.2) is 55.5 Å². The first-order chi connectivity index (χ1) is 12.9. The van der Waals surface area contributed by atoms with E-state index < -0.39 is 9.84 Å². The molecule has 3 aliphatic rings. The minimum atomic E-state index is -3.10. The van der Waals surface area contributed by atoms with Crippen LogP contribution in [0.15, 0.2) is 23.2 Å². The Hall–Kier alpha value is -1.74. The first-order valence-electron chi connectivity index (χ1n) is 9.06. The van der Waals surface area contributed by atoms with Gasteiger partial charge in [-0.25, -0.2) is 8.42 Å². The van der Waals surface area contributed by atoms with Crippen LogP contribution < -0.4 is 14.4 Å². The number of hydrogen-bond donors (Lipinski definition) is 0. The molecule has 3 aliphatic heterocycles. The summed E-state index contributed by atoms with van der Waals surface area (Å²) in [5.41, 5.74) is 0.770. The van der Waals surface area contributed by atoms with Crippen LogP contribution >= 0.6 is 11.8 Å². The van der Waals surface area contributed by atoms with Gasteiger partial charge in [0, 0.05) is 22.9 Å². The maximum absolute atomic E-state index is 12.4. The second kappa shape index (κ2) is 7.01. The molecule has 0 aromatic heterocycles. The van der Waals surface area contributed by atoms with Crippen LogP contribution in [0.3, 0.4) is 0 Å². The summed E-state index contributed by atoms with van der Waals surface area (Å²) < 4.78 is 35.5. The molecular formula is C18H22N2O5S2. The maximum Gasteiger partial charge on any atom is 0.250 e. The molecule has 0 N–H and O–H groups in total. The summed E-state index contributed by atoms with van der Waals surface area (Å²) in [6, 6.07) is 5.29. The third-order valence-corrected chi connectivity index (χ3v) is 8.32. The van der Waals surface area contributed by atoms with Gasteiger partial charge in [-0.05, 0) is 18.6 Å². The van der Waals surface area contributed by atoms with Gasteiger partial charge in [0.1, 0.15) is 13.2 Å². The van der Waals surface area contributed by atoms with E-state index in [2.05, 4.69) is 4.99 Å². The molecule has 0 aliphatic carbocycles. The van der Waals surface area contributed by atoms with Crippen LogP contribution in [0.5, 0.6) is 11.5 Å². The molecule has 1 aromatic rings. The molecule has 27 heavy (non-hydrogen) atoms. The van der Waals surface area contributed by atoms with Crippen LogP contribution in [-0.2, 0) is 14.6 Å². The van der Waals surface area contributed by atoms with Crippen molar-refractivity contribution in [2.75, 3.05) is 29.6 Å². The highest BCUT2D eigenvalue weighted by Gasteiger charge is 2.49. The first kappa shape index (κ1) is 18.6. The average molecular weight is 411 g/mol. The van der Waals surface area contributed by atoms with Crippen molar-refractivity contribution in [1.29, 1.82) is 0 Å². The predicted octanol–water partition coefficient (Wildman–Crippen LogP) is 2.11. The van der Waals surface area contributed by atoms with Crippen LogP contribution in [0, 0.1) is 5.92 Å². The van der Waals surface area contributed by atoms with Crippen molar-refractivity contribution in [3.63, 3.8) is 0 Å². The number of benzene rings is 1. The number of aliphatic imine (C=N–C) groups is 1. The summed E-state index contributed by atoms with van der Waals surface area (Å²) >= 11 is 1.38. The van der Waals surface area contributed by atoms with Crippen LogP contribution in [0.25, 0.3) is 0 Å². The first-order valence-corrected chi connectivity index (χ1v) is 11.8. The number of sulfone groups is 1. The number of fused-ring (bicyclic) bond motifs is 2. The van der Waals surface area contributed by atoms with E-state index in [0.717, 1.165) is 5.69 Å².